The smallest absolute Gasteiger partial charge is 0.279 e. The van der Waals surface area contributed by atoms with Crippen LogP contribution in [-0.2, 0) is 0 Å². The van der Waals surface area contributed by atoms with E-state index in [1.807, 2.05) is 13.8 Å². The van der Waals surface area contributed by atoms with Crippen molar-refractivity contribution in [2.75, 3.05) is 0 Å². The van der Waals surface area contributed by atoms with E-state index < -0.39 is 0 Å². The molecule has 0 spiro atoms. The topological polar surface area (TPSA) is 63.1 Å². The Labute approximate surface area is 93.5 Å². The molecule has 0 aliphatic rings. The van der Waals surface area contributed by atoms with E-state index in [2.05, 4.69) is 28.9 Å². The van der Waals surface area contributed by atoms with Crippen LogP contribution < -0.4 is 5.56 Å². The van der Waals surface area contributed by atoms with Crippen molar-refractivity contribution in [3.63, 3.8) is 0 Å². The van der Waals surface area contributed by atoms with Crippen LogP contribution in [0.5, 0.6) is 0 Å². The van der Waals surface area contributed by atoms with E-state index in [0.29, 0.717) is 5.78 Å². The lowest BCUT2D eigenvalue weighted by molar-refractivity contribution is 0.721. The molecule has 0 radical (unpaired) electrons. The minimum atomic E-state index is -0.0649. The number of rotatable bonds is 2. The highest BCUT2D eigenvalue weighted by molar-refractivity contribution is 5.34. The van der Waals surface area contributed by atoms with Crippen LogP contribution in [0, 0.1) is 0 Å². The first-order chi connectivity index (χ1) is 7.52. The minimum absolute atomic E-state index is 0.0649. The van der Waals surface area contributed by atoms with Crippen LogP contribution in [0.2, 0.25) is 0 Å². The molecule has 0 aliphatic carbocycles. The van der Waals surface area contributed by atoms with Crippen molar-refractivity contribution in [2.45, 2.75) is 39.5 Å². The van der Waals surface area contributed by atoms with Gasteiger partial charge in [-0.3, -0.25) is 4.79 Å². The van der Waals surface area contributed by atoms with Crippen LogP contribution >= 0.6 is 0 Å². The molecule has 0 aliphatic heterocycles. The Morgan fingerprint density at radius 3 is 2.50 bits per heavy atom. The summed E-state index contributed by atoms with van der Waals surface area (Å²) in [5, 5.41) is 3.92. The Balaban J connectivity index is 2.86. The van der Waals surface area contributed by atoms with Gasteiger partial charge in [-0.05, 0) is 11.8 Å². The third-order valence-electron chi connectivity index (χ3n) is 2.66. The summed E-state index contributed by atoms with van der Waals surface area (Å²) in [6.07, 6.45) is 1.39. The van der Waals surface area contributed by atoms with Crippen LogP contribution in [0.1, 0.15) is 50.8 Å². The van der Waals surface area contributed by atoms with Gasteiger partial charge in [0.15, 0.2) is 0 Å². The zero-order valence-electron chi connectivity index (χ0n) is 9.98. The highest BCUT2D eigenvalue weighted by Crippen LogP contribution is 2.21. The molecule has 0 unspecified atom stereocenters. The summed E-state index contributed by atoms with van der Waals surface area (Å²) in [4.78, 5) is 19.4. The first kappa shape index (κ1) is 10.9. The van der Waals surface area contributed by atoms with Gasteiger partial charge in [-0.15, -0.1) is 0 Å². The predicted molar refractivity (Wildman–Crippen MR) is 61.8 cm³/mol. The number of nitrogens with one attached hydrogen (secondary N) is 1. The van der Waals surface area contributed by atoms with Gasteiger partial charge in [0.2, 0.25) is 5.78 Å². The molecule has 2 aromatic heterocycles. The van der Waals surface area contributed by atoms with Gasteiger partial charge in [-0.25, -0.2) is 0 Å². The third kappa shape index (κ3) is 1.52. The second kappa shape index (κ2) is 3.73. The van der Waals surface area contributed by atoms with Gasteiger partial charge >= 0.3 is 0 Å². The zero-order chi connectivity index (χ0) is 11.9. The summed E-state index contributed by atoms with van der Waals surface area (Å²) in [5.41, 5.74) is 1.69. The van der Waals surface area contributed by atoms with E-state index in [0.717, 1.165) is 11.3 Å². The van der Waals surface area contributed by atoms with Crippen LogP contribution in [0.3, 0.4) is 0 Å². The normalized spacial score (nSPS) is 11.9. The molecule has 0 aromatic carbocycles. The minimum Gasteiger partial charge on any atom is -0.327 e. The average molecular weight is 220 g/mol. The highest BCUT2D eigenvalue weighted by atomic mass is 16.1. The van der Waals surface area contributed by atoms with E-state index in [1.54, 1.807) is 0 Å². The van der Waals surface area contributed by atoms with Crippen molar-refractivity contribution in [2.24, 2.45) is 0 Å². The Morgan fingerprint density at radius 2 is 1.94 bits per heavy atom. The summed E-state index contributed by atoms with van der Waals surface area (Å²) < 4.78 is 1.32. The largest absolute Gasteiger partial charge is 0.327 e. The van der Waals surface area contributed by atoms with E-state index in [-0.39, 0.29) is 17.4 Å². The fraction of sp³-hybridized carbons (Fsp3) is 0.545. The molecule has 0 fully saturated rings. The number of aromatic nitrogens is 4. The molecule has 2 heterocycles. The van der Waals surface area contributed by atoms with E-state index >= 15 is 0 Å². The Kier molecular flexibility index (Phi) is 2.53. The lowest BCUT2D eigenvalue weighted by atomic mass is 9.97. The second-order valence-electron chi connectivity index (χ2n) is 4.56. The first-order valence-electron chi connectivity index (χ1n) is 5.48. The SMILES string of the molecule is CC(C)c1[nH]c2ncnn2c(=O)c1C(C)C. The number of hydrogen-bond acceptors (Lipinski definition) is 3. The van der Waals surface area contributed by atoms with Gasteiger partial charge < -0.3 is 4.98 Å². The Bertz CT molecular complexity index is 565. The summed E-state index contributed by atoms with van der Waals surface area (Å²) >= 11 is 0. The van der Waals surface area contributed by atoms with Crippen LogP contribution in [0.4, 0.5) is 0 Å². The standard InChI is InChI=1S/C11H16N4O/c1-6(2)8-9(7(3)4)14-11-12-5-13-15(11)10(8)16/h5-7H,1-4H3,(H,12,13,14). The molecule has 5 nitrogen and oxygen atoms in total. The van der Waals surface area contributed by atoms with E-state index in [4.69, 9.17) is 0 Å². The van der Waals surface area contributed by atoms with Crippen molar-refractivity contribution in [3.8, 4) is 0 Å². The van der Waals surface area contributed by atoms with Gasteiger partial charge in [-0.2, -0.15) is 14.6 Å². The maximum atomic E-state index is 12.2. The van der Waals surface area contributed by atoms with Crippen LogP contribution in [0.15, 0.2) is 11.1 Å². The van der Waals surface area contributed by atoms with Crippen molar-refractivity contribution in [1.82, 2.24) is 19.6 Å². The highest BCUT2D eigenvalue weighted by Gasteiger charge is 2.17. The number of nitrogens with zero attached hydrogens (tertiary/aromatic N) is 3. The summed E-state index contributed by atoms with van der Waals surface area (Å²) in [6, 6.07) is 0. The molecule has 0 saturated heterocycles. The van der Waals surface area contributed by atoms with Gasteiger partial charge in [0.25, 0.3) is 5.56 Å². The molecule has 16 heavy (non-hydrogen) atoms. The second-order valence-corrected chi connectivity index (χ2v) is 4.56. The maximum absolute atomic E-state index is 12.2. The molecule has 86 valence electrons. The van der Waals surface area contributed by atoms with Gasteiger partial charge in [0.05, 0.1) is 0 Å². The molecule has 0 saturated carbocycles. The molecular weight excluding hydrogens is 204 g/mol. The van der Waals surface area contributed by atoms with E-state index in [1.165, 1.54) is 10.8 Å². The fourth-order valence-corrected chi connectivity index (χ4v) is 1.91. The van der Waals surface area contributed by atoms with Crippen LogP contribution in [0.25, 0.3) is 5.78 Å². The quantitative estimate of drug-likeness (QED) is 0.837. The van der Waals surface area contributed by atoms with Crippen molar-refractivity contribution in [3.05, 3.63) is 27.9 Å². The number of hydrogen-bond donors (Lipinski definition) is 1. The van der Waals surface area contributed by atoms with Gasteiger partial charge in [-0.1, -0.05) is 27.7 Å². The summed E-state index contributed by atoms with van der Waals surface area (Å²) in [7, 11) is 0. The molecule has 2 aromatic rings. The average Bonchev–Trinajstić information content (AvgIpc) is 2.64. The molecule has 1 N–H and O–H groups in total. The fourth-order valence-electron chi connectivity index (χ4n) is 1.91. The molecule has 5 heteroatoms. The third-order valence-corrected chi connectivity index (χ3v) is 2.66. The molecule has 0 bridgehead atoms. The molecular formula is C11H16N4O. The Hall–Kier alpha value is -1.65. The zero-order valence-corrected chi connectivity index (χ0v) is 9.98. The number of aromatic amines is 1. The lowest BCUT2D eigenvalue weighted by Gasteiger charge is -2.14. The predicted octanol–water partition coefficient (Wildman–Crippen LogP) is 1.66. The molecule has 0 amide bonds. The maximum Gasteiger partial charge on any atom is 0.279 e. The van der Waals surface area contributed by atoms with Crippen molar-refractivity contribution < 1.29 is 0 Å². The van der Waals surface area contributed by atoms with Crippen molar-refractivity contribution >= 4 is 5.78 Å². The first-order valence-corrected chi connectivity index (χ1v) is 5.48. The van der Waals surface area contributed by atoms with Crippen molar-refractivity contribution in [1.29, 1.82) is 0 Å². The monoisotopic (exact) mass is 220 g/mol. The van der Waals surface area contributed by atoms with E-state index in [9.17, 15) is 4.79 Å². The number of fused-ring (bicyclic) bond motifs is 1. The van der Waals surface area contributed by atoms with Crippen LogP contribution in [-0.4, -0.2) is 19.6 Å². The summed E-state index contributed by atoms with van der Waals surface area (Å²) in [6.45, 7) is 8.15. The number of H-pyrrole nitrogens is 1. The summed E-state index contributed by atoms with van der Waals surface area (Å²) in [5.74, 6) is 0.958. The molecule has 0 atom stereocenters. The van der Waals surface area contributed by atoms with Gasteiger partial charge in [0.1, 0.15) is 6.33 Å². The molecule has 2 rings (SSSR count). The van der Waals surface area contributed by atoms with Gasteiger partial charge in [0, 0.05) is 11.3 Å². The Morgan fingerprint density at radius 1 is 1.25 bits per heavy atom. The lowest BCUT2D eigenvalue weighted by Crippen LogP contribution is -2.24.